The van der Waals surface area contributed by atoms with Gasteiger partial charge in [-0.3, -0.25) is 9.69 Å². The van der Waals surface area contributed by atoms with Gasteiger partial charge in [-0.25, -0.2) is 0 Å². The fourth-order valence-corrected chi connectivity index (χ4v) is 4.66. The fourth-order valence-electron chi connectivity index (χ4n) is 4.66. The summed E-state index contributed by atoms with van der Waals surface area (Å²) in [7, 11) is 0. The van der Waals surface area contributed by atoms with Crippen LogP contribution in [0, 0.1) is 5.92 Å². The van der Waals surface area contributed by atoms with Gasteiger partial charge in [0.15, 0.2) is 11.5 Å². The second kappa shape index (κ2) is 9.22. The molecule has 1 aromatic carbocycles. The third-order valence-corrected chi connectivity index (χ3v) is 6.51. The number of nitrogens with zero attached hydrogens (tertiary/aromatic N) is 2. The molecule has 1 aliphatic carbocycles. The molecule has 1 aromatic rings. The number of ether oxygens (including phenoxy) is 2. The van der Waals surface area contributed by atoms with Crippen molar-refractivity contribution in [3.05, 3.63) is 18.2 Å². The van der Waals surface area contributed by atoms with E-state index < -0.39 is 6.10 Å². The van der Waals surface area contributed by atoms with Crippen LogP contribution in [0.15, 0.2) is 18.2 Å². The van der Waals surface area contributed by atoms with Gasteiger partial charge in [0.25, 0.3) is 0 Å². The highest BCUT2D eigenvalue weighted by Crippen LogP contribution is 2.41. The highest BCUT2D eigenvalue weighted by atomic mass is 16.7. The van der Waals surface area contributed by atoms with Crippen molar-refractivity contribution in [1.29, 1.82) is 0 Å². The molecule has 0 spiro atoms. The number of para-hydroxylation sites is 1. The Morgan fingerprint density at radius 3 is 2.66 bits per heavy atom. The SMILES string of the molecule is CC(O)C(=O)NC1CCC(CCN2CCN(c3cccc4c3OCO4)CC2)CC1. The number of benzene rings is 1. The Morgan fingerprint density at radius 1 is 1.17 bits per heavy atom. The van der Waals surface area contributed by atoms with Crippen molar-refractivity contribution in [2.24, 2.45) is 5.92 Å². The normalized spacial score (nSPS) is 25.7. The third-order valence-electron chi connectivity index (χ3n) is 6.51. The molecule has 2 N–H and O–H groups in total. The maximum Gasteiger partial charge on any atom is 0.248 e. The lowest BCUT2D eigenvalue weighted by atomic mass is 9.84. The number of anilines is 1. The molecular formula is C22H33N3O4. The summed E-state index contributed by atoms with van der Waals surface area (Å²) in [5.41, 5.74) is 1.15. The molecule has 1 amide bonds. The monoisotopic (exact) mass is 403 g/mol. The lowest BCUT2D eigenvalue weighted by Gasteiger charge is -2.37. The van der Waals surface area contributed by atoms with E-state index in [1.807, 2.05) is 12.1 Å². The highest BCUT2D eigenvalue weighted by Gasteiger charge is 2.26. The van der Waals surface area contributed by atoms with Crippen molar-refractivity contribution in [2.75, 3.05) is 44.4 Å². The smallest absolute Gasteiger partial charge is 0.248 e. The Balaban J connectivity index is 1.17. The number of carbonyl (C=O) groups is 1. The third kappa shape index (κ3) is 4.95. The number of aliphatic hydroxyl groups excluding tert-OH is 1. The molecular weight excluding hydrogens is 370 g/mol. The first-order valence-corrected chi connectivity index (χ1v) is 10.9. The van der Waals surface area contributed by atoms with Crippen LogP contribution in [0.1, 0.15) is 39.0 Å². The van der Waals surface area contributed by atoms with E-state index in [4.69, 9.17) is 9.47 Å². The van der Waals surface area contributed by atoms with E-state index >= 15 is 0 Å². The number of fused-ring (bicyclic) bond motifs is 1. The first-order valence-electron chi connectivity index (χ1n) is 10.9. The van der Waals surface area contributed by atoms with Crippen molar-refractivity contribution in [3.63, 3.8) is 0 Å². The molecule has 1 unspecified atom stereocenters. The van der Waals surface area contributed by atoms with Crippen molar-refractivity contribution < 1.29 is 19.4 Å². The predicted octanol–water partition coefficient (Wildman–Crippen LogP) is 1.98. The van der Waals surface area contributed by atoms with Crippen LogP contribution in [0.4, 0.5) is 5.69 Å². The zero-order valence-corrected chi connectivity index (χ0v) is 17.3. The molecule has 160 valence electrons. The number of nitrogens with one attached hydrogen (secondary N) is 1. The molecule has 2 aliphatic heterocycles. The maximum atomic E-state index is 11.6. The van der Waals surface area contributed by atoms with Crippen LogP contribution in [-0.2, 0) is 4.79 Å². The zero-order valence-electron chi connectivity index (χ0n) is 17.3. The second-order valence-corrected chi connectivity index (χ2v) is 8.53. The molecule has 2 fully saturated rings. The van der Waals surface area contributed by atoms with Crippen molar-refractivity contribution >= 4 is 11.6 Å². The van der Waals surface area contributed by atoms with Crippen LogP contribution in [0.2, 0.25) is 0 Å². The summed E-state index contributed by atoms with van der Waals surface area (Å²) in [6, 6.07) is 6.36. The lowest BCUT2D eigenvalue weighted by Crippen LogP contribution is -2.47. The number of carbonyl (C=O) groups excluding carboxylic acids is 1. The van der Waals surface area contributed by atoms with Gasteiger partial charge >= 0.3 is 0 Å². The number of hydrogen-bond acceptors (Lipinski definition) is 6. The Kier molecular flexibility index (Phi) is 6.45. The average molecular weight is 404 g/mol. The number of rotatable bonds is 6. The Bertz CT molecular complexity index is 695. The molecule has 4 rings (SSSR count). The van der Waals surface area contributed by atoms with Gasteiger partial charge in [0.2, 0.25) is 12.7 Å². The van der Waals surface area contributed by atoms with Crippen LogP contribution in [0.5, 0.6) is 11.5 Å². The Morgan fingerprint density at radius 2 is 1.93 bits per heavy atom. The highest BCUT2D eigenvalue weighted by molar-refractivity contribution is 5.80. The Labute approximate surface area is 173 Å². The summed E-state index contributed by atoms with van der Waals surface area (Å²) in [4.78, 5) is 16.6. The van der Waals surface area contributed by atoms with Gasteiger partial charge in [0.05, 0.1) is 5.69 Å². The van der Waals surface area contributed by atoms with Crippen LogP contribution in [0.25, 0.3) is 0 Å². The molecule has 1 atom stereocenters. The maximum absolute atomic E-state index is 11.6. The van der Waals surface area contributed by atoms with E-state index in [2.05, 4.69) is 21.2 Å². The summed E-state index contributed by atoms with van der Waals surface area (Å²) >= 11 is 0. The molecule has 7 nitrogen and oxygen atoms in total. The van der Waals surface area contributed by atoms with E-state index in [-0.39, 0.29) is 11.9 Å². The summed E-state index contributed by atoms with van der Waals surface area (Å²) in [6.45, 7) is 7.16. The first-order chi connectivity index (χ1) is 14.1. The summed E-state index contributed by atoms with van der Waals surface area (Å²) in [5.74, 6) is 2.24. The minimum Gasteiger partial charge on any atom is -0.454 e. The van der Waals surface area contributed by atoms with Crippen molar-refractivity contribution in [2.45, 2.75) is 51.2 Å². The van der Waals surface area contributed by atoms with Crippen LogP contribution in [-0.4, -0.2) is 67.6 Å². The van der Waals surface area contributed by atoms with Crippen molar-refractivity contribution in [1.82, 2.24) is 10.2 Å². The number of piperazine rings is 1. The van der Waals surface area contributed by atoms with Gasteiger partial charge in [0.1, 0.15) is 6.10 Å². The number of amides is 1. The van der Waals surface area contributed by atoms with Gasteiger partial charge in [0, 0.05) is 32.2 Å². The zero-order chi connectivity index (χ0) is 20.2. The first kappa shape index (κ1) is 20.3. The molecule has 29 heavy (non-hydrogen) atoms. The molecule has 0 radical (unpaired) electrons. The summed E-state index contributed by atoms with van der Waals surface area (Å²) in [5, 5.41) is 12.3. The van der Waals surface area contributed by atoms with Crippen LogP contribution in [0.3, 0.4) is 0 Å². The molecule has 1 saturated carbocycles. The van der Waals surface area contributed by atoms with Crippen LogP contribution >= 0.6 is 0 Å². The van der Waals surface area contributed by atoms with Gasteiger partial charge in [-0.05, 0) is 63.6 Å². The standard InChI is InChI=1S/C22H33N3O4/c1-16(26)22(27)23-18-7-5-17(6-8-18)9-10-24-11-13-25(14-12-24)19-3-2-4-20-21(19)29-15-28-20/h2-4,16-18,26H,5-15H2,1H3,(H,23,27). The van der Waals surface area contributed by atoms with Gasteiger partial charge in [-0.15, -0.1) is 0 Å². The minimum atomic E-state index is -0.914. The summed E-state index contributed by atoms with van der Waals surface area (Å²) in [6.07, 6.45) is 4.70. The van der Waals surface area contributed by atoms with E-state index in [9.17, 15) is 9.90 Å². The van der Waals surface area contributed by atoms with E-state index in [0.717, 1.165) is 81.5 Å². The molecule has 0 aromatic heterocycles. The molecule has 7 heteroatoms. The number of aliphatic hydroxyl groups is 1. The van der Waals surface area contributed by atoms with Gasteiger partial charge in [-0.1, -0.05) is 6.07 Å². The molecule has 2 heterocycles. The number of hydrogen-bond donors (Lipinski definition) is 2. The van der Waals surface area contributed by atoms with Crippen LogP contribution < -0.4 is 19.7 Å². The van der Waals surface area contributed by atoms with Gasteiger partial charge < -0.3 is 24.8 Å². The lowest BCUT2D eigenvalue weighted by molar-refractivity contribution is -0.129. The predicted molar refractivity (Wildman–Crippen MR) is 111 cm³/mol. The fraction of sp³-hybridized carbons (Fsp3) is 0.682. The average Bonchev–Trinajstić information content (AvgIpc) is 3.22. The van der Waals surface area contributed by atoms with E-state index in [0.29, 0.717) is 6.79 Å². The Hall–Kier alpha value is -1.99. The molecule has 3 aliphatic rings. The summed E-state index contributed by atoms with van der Waals surface area (Å²) < 4.78 is 11.2. The molecule has 0 bridgehead atoms. The quantitative estimate of drug-likeness (QED) is 0.757. The van der Waals surface area contributed by atoms with Gasteiger partial charge in [-0.2, -0.15) is 0 Å². The van der Waals surface area contributed by atoms with Crippen molar-refractivity contribution in [3.8, 4) is 11.5 Å². The van der Waals surface area contributed by atoms with E-state index in [1.54, 1.807) is 0 Å². The minimum absolute atomic E-state index is 0.232. The topological polar surface area (TPSA) is 74.3 Å². The second-order valence-electron chi connectivity index (χ2n) is 8.53. The molecule has 1 saturated heterocycles. The largest absolute Gasteiger partial charge is 0.454 e. The van der Waals surface area contributed by atoms with E-state index in [1.165, 1.54) is 13.3 Å².